The smallest absolute Gasteiger partial charge is 0.220 e. The molecule has 0 bridgehead atoms. The van der Waals surface area contributed by atoms with Gasteiger partial charge in [-0.1, -0.05) is 0 Å². The SMILES string of the molecule is O=C1CCC2CN(c3ccncc3Br)CCC2N1. The van der Waals surface area contributed by atoms with Crippen molar-refractivity contribution in [3.8, 4) is 0 Å². The van der Waals surface area contributed by atoms with Crippen molar-refractivity contribution in [1.82, 2.24) is 10.3 Å². The van der Waals surface area contributed by atoms with E-state index in [0.29, 0.717) is 18.4 Å². The molecule has 0 aliphatic carbocycles. The van der Waals surface area contributed by atoms with Gasteiger partial charge in [0.05, 0.1) is 10.2 Å². The maximum absolute atomic E-state index is 11.4. The molecule has 1 aromatic rings. The normalized spacial score (nSPS) is 27.6. The zero-order chi connectivity index (χ0) is 12.5. The van der Waals surface area contributed by atoms with E-state index in [9.17, 15) is 4.79 Å². The quantitative estimate of drug-likeness (QED) is 0.862. The predicted molar refractivity (Wildman–Crippen MR) is 73.4 cm³/mol. The van der Waals surface area contributed by atoms with Crippen molar-refractivity contribution in [3.05, 3.63) is 22.9 Å². The minimum absolute atomic E-state index is 0.217. The van der Waals surface area contributed by atoms with Gasteiger partial charge in [0, 0.05) is 37.9 Å². The highest BCUT2D eigenvalue weighted by atomic mass is 79.9. The molecular weight excluding hydrogens is 294 g/mol. The molecule has 0 radical (unpaired) electrons. The number of carbonyl (C=O) groups excluding carboxylic acids is 1. The Morgan fingerprint density at radius 3 is 3.17 bits per heavy atom. The lowest BCUT2D eigenvalue weighted by atomic mass is 9.85. The lowest BCUT2D eigenvalue weighted by Crippen LogP contribution is -2.54. The van der Waals surface area contributed by atoms with E-state index >= 15 is 0 Å². The molecular formula is C13H16BrN3O. The Kier molecular flexibility index (Phi) is 3.24. The molecule has 2 aliphatic rings. The van der Waals surface area contributed by atoms with Crippen molar-refractivity contribution in [3.63, 3.8) is 0 Å². The number of hydrogen-bond donors (Lipinski definition) is 1. The van der Waals surface area contributed by atoms with E-state index in [4.69, 9.17) is 0 Å². The van der Waals surface area contributed by atoms with Crippen LogP contribution in [-0.2, 0) is 4.79 Å². The van der Waals surface area contributed by atoms with Gasteiger partial charge in [-0.2, -0.15) is 0 Å². The number of nitrogens with zero attached hydrogens (tertiary/aromatic N) is 2. The van der Waals surface area contributed by atoms with E-state index in [1.807, 2.05) is 18.5 Å². The average molecular weight is 310 g/mol. The molecule has 2 atom stereocenters. The summed E-state index contributed by atoms with van der Waals surface area (Å²) >= 11 is 3.56. The topological polar surface area (TPSA) is 45.2 Å². The molecule has 3 rings (SSSR count). The summed E-state index contributed by atoms with van der Waals surface area (Å²) in [4.78, 5) is 17.9. The molecule has 5 heteroatoms. The van der Waals surface area contributed by atoms with E-state index in [1.165, 1.54) is 5.69 Å². The van der Waals surface area contributed by atoms with Gasteiger partial charge in [-0.3, -0.25) is 9.78 Å². The molecule has 0 aromatic carbocycles. The Labute approximate surface area is 115 Å². The molecule has 2 aliphatic heterocycles. The number of aromatic nitrogens is 1. The van der Waals surface area contributed by atoms with E-state index in [1.54, 1.807) is 0 Å². The van der Waals surface area contributed by atoms with Crippen molar-refractivity contribution < 1.29 is 4.79 Å². The molecule has 2 fully saturated rings. The summed E-state index contributed by atoms with van der Waals surface area (Å²) in [5.41, 5.74) is 1.21. The average Bonchev–Trinajstić information content (AvgIpc) is 2.39. The van der Waals surface area contributed by atoms with E-state index < -0.39 is 0 Å². The number of nitrogens with one attached hydrogen (secondary N) is 1. The molecule has 1 aromatic heterocycles. The first-order chi connectivity index (χ1) is 8.74. The predicted octanol–water partition coefficient (Wildman–Crippen LogP) is 1.95. The number of pyridine rings is 1. The second kappa shape index (κ2) is 4.88. The second-order valence-electron chi connectivity index (χ2n) is 5.03. The van der Waals surface area contributed by atoms with Crippen LogP contribution in [0.25, 0.3) is 0 Å². The standard InChI is InChI=1S/C13H16BrN3O/c14-10-7-15-5-3-12(10)17-6-4-11-9(8-17)1-2-13(18)16-11/h3,5,7,9,11H,1-2,4,6,8H2,(H,16,18). The molecule has 3 heterocycles. The van der Waals surface area contributed by atoms with Crippen molar-refractivity contribution in [2.75, 3.05) is 18.0 Å². The fourth-order valence-corrected chi connectivity index (χ4v) is 3.45. The highest BCUT2D eigenvalue weighted by Gasteiger charge is 2.34. The summed E-state index contributed by atoms with van der Waals surface area (Å²) in [6.07, 6.45) is 6.38. The first-order valence-corrected chi connectivity index (χ1v) is 7.17. The lowest BCUT2D eigenvalue weighted by Gasteiger charge is -2.42. The van der Waals surface area contributed by atoms with Crippen LogP contribution in [0, 0.1) is 5.92 Å². The van der Waals surface area contributed by atoms with Gasteiger partial charge in [0.1, 0.15) is 0 Å². The lowest BCUT2D eigenvalue weighted by molar-refractivity contribution is -0.124. The Bertz CT molecular complexity index is 465. The maximum Gasteiger partial charge on any atom is 0.220 e. The number of fused-ring (bicyclic) bond motifs is 1. The van der Waals surface area contributed by atoms with Gasteiger partial charge in [0.2, 0.25) is 5.91 Å². The van der Waals surface area contributed by atoms with Gasteiger partial charge < -0.3 is 10.2 Å². The Morgan fingerprint density at radius 2 is 2.33 bits per heavy atom. The highest BCUT2D eigenvalue weighted by Crippen LogP contribution is 2.32. The zero-order valence-electron chi connectivity index (χ0n) is 10.1. The minimum Gasteiger partial charge on any atom is -0.370 e. The van der Waals surface area contributed by atoms with E-state index in [-0.39, 0.29) is 5.91 Å². The van der Waals surface area contributed by atoms with Crippen molar-refractivity contribution in [2.24, 2.45) is 5.92 Å². The van der Waals surface area contributed by atoms with Crippen LogP contribution >= 0.6 is 15.9 Å². The fraction of sp³-hybridized carbons (Fsp3) is 0.538. The number of amides is 1. The van der Waals surface area contributed by atoms with Crippen LogP contribution in [0.5, 0.6) is 0 Å². The molecule has 4 nitrogen and oxygen atoms in total. The van der Waals surface area contributed by atoms with Crippen LogP contribution in [-0.4, -0.2) is 30.0 Å². The Hall–Kier alpha value is -1.10. The molecule has 2 unspecified atom stereocenters. The third-order valence-electron chi connectivity index (χ3n) is 3.91. The van der Waals surface area contributed by atoms with E-state index in [2.05, 4.69) is 31.1 Å². The van der Waals surface area contributed by atoms with Crippen LogP contribution in [0.15, 0.2) is 22.9 Å². The zero-order valence-corrected chi connectivity index (χ0v) is 11.7. The summed E-state index contributed by atoms with van der Waals surface area (Å²) < 4.78 is 1.04. The van der Waals surface area contributed by atoms with Crippen LogP contribution in [0.4, 0.5) is 5.69 Å². The van der Waals surface area contributed by atoms with Gasteiger partial charge in [-0.05, 0) is 40.8 Å². The molecule has 1 amide bonds. The van der Waals surface area contributed by atoms with Crippen LogP contribution in [0.1, 0.15) is 19.3 Å². The number of anilines is 1. The Morgan fingerprint density at radius 1 is 1.44 bits per heavy atom. The van der Waals surface area contributed by atoms with Gasteiger partial charge in [-0.25, -0.2) is 0 Å². The molecule has 1 N–H and O–H groups in total. The summed E-state index contributed by atoms with van der Waals surface area (Å²) in [5, 5.41) is 3.12. The highest BCUT2D eigenvalue weighted by molar-refractivity contribution is 9.10. The molecule has 2 saturated heterocycles. The van der Waals surface area contributed by atoms with Crippen LogP contribution in [0.3, 0.4) is 0 Å². The van der Waals surface area contributed by atoms with Crippen LogP contribution < -0.4 is 10.2 Å². The van der Waals surface area contributed by atoms with E-state index in [0.717, 1.165) is 30.4 Å². The maximum atomic E-state index is 11.4. The van der Waals surface area contributed by atoms with Gasteiger partial charge in [0.25, 0.3) is 0 Å². The summed E-state index contributed by atoms with van der Waals surface area (Å²) in [7, 11) is 0. The van der Waals surface area contributed by atoms with Gasteiger partial charge in [0.15, 0.2) is 0 Å². The second-order valence-corrected chi connectivity index (χ2v) is 5.89. The summed E-state index contributed by atoms with van der Waals surface area (Å²) in [6, 6.07) is 2.43. The molecule has 0 saturated carbocycles. The molecule has 0 spiro atoms. The number of hydrogen-bond acceptors (Lipinski definition) is 3. The Balaban J connectivity index is 1.75. The number of halogens is 1. The molecule has 18 heavy (non-hydrogen) atoms. The van der Waals surface area contributed by atoms with Crippen molar-refractivity contribution >= 4 is 27.5 Å². The van der Waals surface area contributed by atoms with Crippen molar-refractivity contribution in [2.45, 2.75) is 25.3 Å². The molecule has 96 valence electrons. The first-order valence-electron chi connectivity index (χ1n) is 6.38. The largest absolute Gasteiger partial charge is 0.370 e. The fourth-order valence-electron chi connectivity index (χ4n) is 2.95. The van der Waals surface area contributed by atoms with Crippen LogP contribution in [0.2, 0.25) is 0 Å². The minimum atomic E-state index is 0.217. The summed E-state index contributed by atoms with van der Waals surface area (Å²) in [6.45, 7) is 2.01. The third kappa shape index (κ3) is 2.23. The van der Waals surface area contributed by atoms with Gasteiger partial charge in [-0.15, -0.1) is 0 Å². The first kappa shape index (κ1) is 12.0. The van der Waals surface area contributed by atoms with Crippen molar-refractivity contribution in [1.29, 1.82) is 0 Å². The monoisotopic (exact) mass is 309 g/mol. The number of rotatable bonds is 1. The third-order valence-corrected chi connectivity index (χ3v) is 4.53. The van der Waals surface area contributed by atoms with Gasteiger partial charge >= 0.3 is 0 Å². The summed E-state index contributed by atoms with van der Waals surface area (Å²) in [5.74, 6) is 0.798. The number of piperidine rings is 2. The number of carbonyl (C=O) groups is 1.